The summed E-state index contributed by atoms with van der Waals surface area (Å²) in [6, 6.07) is 10.6. The first-order chi connectivity index (χ1) is 13.2. The van der Waals surface area contributed by atoms with Gasteiger partial charge in [-0.2, -0.15) is 0 Å². The van der Waals surface area contributed by atoms with Crippen molar-refractivity contribution in [2.24, 2.45) is 0 Å². The zero-order valence-electron chi connectivity index (χ0n) is 14.7. The Labute approximate surface area is 154 Å². The fourth-order valence-corrected chi connectivity index (χ4v) is 2.79. The standard InChI is InChI=1S/C19H16N6O2/c1-12-16(25-11-3-9-21-19(25)22-12)15-8-10-20-18(24-15)23-14-6-4-13(5-7-14)17(26)27-2/h3-11H,1-2H3,(H,20,23,24). The number of hydrogen-bond acceptors (Lipinski definition) is 7. The van der Waals surface area contributed by atoms with E-state index in [2.05, 4.69) is 25.3 Å². The summed E-state index contributed by atoms with van der Waals surface area (Å²) in [5.74, 6) is 0.685. The lowest BCUT2D eigenvalue weighted by molar-refractivity contribution is 0.0601. The second-order valence-electron chi connectivity index (χ2n) is 5.79. The molecule has 4 rings (SSSR count). The fraction of sp³-hybridized carbons (Fsp3) is 0.105. The van der Waals surface area contributed by atoms with E-state index in [0.717, 1.165) is 22.8 Å². The summed E-state index contributed by atoms with van der Waals surface area (Å²) in [4.78, 5) is 29.1. The number of benzene rings is 1. The van der Waals surface area contributed by atoms with Crippen LogP contribution in [-0.4, -0.2) is 37.4 Å². The number of hydrogen-bond donors (Lipinski definition) is 1. The molecule has 0 bridgehead atoms. The van der Waals surface area contributed by atoms with Crippen LogP contribution < -0.4 is 5.32 Å². The van der Waals surface area contributed by atoms with Crippen LogP contribution in [0.3, 0.4) is 0 Å². The van der Waals surface area contributed by atoms with Gasteiger partial charge in [-0.05, 0) is 43.3 Å². The van der Waals surface area contributed by atoms with E-state index in [9.17, 15) is 4.79 Å². The van der Waals surface area contributed by atoms with Crippen LogP contribution in [-0.2, 0) is 4.74 Å². The molecule has 8 nitrogen and oxygen atoms in total. The molecule has 3 aromatic heterocycles. The normalized spacial score (nSPS) is 10.7. The van der Waals surface area contributed by atoms with Crippen molar-refractivity contribution in [3.63, 3.8) is 0 Å². The van der Waals surface area contributed by atoms with Crippen LogP contribution in [0, 0.1) is 6.92 Å². The van der Waals surface area contributed by atoms with Crippen LogP contribution in [0.5, 0.6) is 0 Å². The molecule has 0 aliphatic rings. The number of methoxy groups -OCH3 is 1. The summed E-state index contributed by atoms with van der Waals surface area (Å²) >= 11 is 0. The molecule has 1 aromatic carbocycles. The highest BCUT2D eigenvalue weighted by Crippen LogP contribution is 2.23. The first kappa shape index (κ1) is 16.6. The Morgan fingerprint density at radius 3 is 2.67 bits per heavy atom. The number of esters is 1. The maximum Gasteiger partial charge on any atom is 0.337 e. The quantitative estimate of drug-likeness (QED) is 0.559. The number of nitrogens with zero attached hydrogens (tertiary/aromatic N) is 5. The van der Waals surface area contributed by atoms with Crippen LogP contribution in [0.25, 0.3) is 17.2 Å². The number of aryl methyl sites for hydroxylation is 1. The van der Waals surface area contributed by atoms with E-state index in [0.29, 0.717) is 17.3 Å². The molecule has 8 heteroatoms. The number of rotatable bonds is 4. The molecule has 0 spiro atoms. The Bertz CT molecular complexity index is 1120. The first-order valence-corrected chi connectivity index (χ1v) is 8.24. The van der Waals surface area contributed by atoms with Gasteiger partial charge in [0.15, 0.2) is 0 Å². The topological polar surface area (TPSA) is 94.3 Å². The Balaban J connectivity index is 1.65. The van der Waals surface area contributed by atoms with Gasteiger partial charge in [-0.25, -0.2) is 24.7 Å². The van der Waals surface area contributed by atoms with Gasteiger partial charge in [-0.1, -0.05) is 0 Å². The lowest BCUT2D eigenvalue weighted by Gasteiger charge is -2.08. The zero-order chi connectivity index (χ0) is 18.8. The summed E-state index contributed by atoms with van der Waals surface area (Å²) in [6.07, 6.45) is 5.29. The largest absolute Gasteiger partial charge is 0.465 e. The lowest BCUT2D eigenvalue weighted by Crippen LogP contribution is -2.02. The van der Waals surface area contributed by atoms with Crippen LogP contribution >= 0.6 is 0 Å². The summed E-state index contributed by atoms with van der Waals surface area (Å²) in [5.41, 5.74) is 3.67. The van der Waals surface area contributed by atoms with Crippen molar-refractivity contribution >= 4 is 23.4 Å². The highest BCUT2D eigenvalue weighted by Gasteiger charge is 2.13. The highest BCUT2D eigenvalue weighted by atomic mass is 16.5. The highest BCUT2D eigenvalue weighted by molar-refractivity contribution is 5.89. The third kappa shape index (κ3) is 3.20. The smallest absolute Gasteiger partial charge is 0.337 e. The molecule has 0 atom stereocenters. The third-order valence-electron chi connectivity index (χ3n) is 4.04. The zero-order valence-corrected chi connectivity index (χ0v) is 14.7. The maximum absolute atomic E-state index is 11.5. The third-order valence-corrected chi connectivity index (χ3v) is 4.04. The fourth-order valence-electron chi connectivity index (χ4n) is 2.79. The van der Waals surface area contributed by atoms with E-state index >= 15 is 0 Å². The van der Waals surface area contributed by atoms with E-state index in [1.807, 2.05) is 29.7 Å². The predicted octanol–water partition coefficient (Wildman–Crippen LogP) is 3.02. The lowest BCUT2D eigenvalue weighted by atomic mass is 10.2. The van der Waals surface area contributed by atoms with Gasteiger partial charge in [0.25, 0.3) is 0 Å². The van der Waals surface area contributed by atoms with E-state index in [4.69, 9.17) is 4.74 Å². The van der Waals surface area contributed by atoms with E-state index in [1.165, 1.54) is 7.11 Å². The number of carbonyl (C=O) groups excluding carboxylic acids is 1. The van der Waals surface area contributed by atoms with Gasteiger partial charge in [-0.3, -0.25) is 4.40 Å². The molecule has 0 fully saturated rings. The molecule has 134 valence electrons. The van der Waals surface area contributed by atoms with Gasteiger partial charge in [-0.15, -0.1) is 0 Å². The predicted molar refractivity (Wildman–Crippen MR) is 99.8 cm³/mol. The number of nitrogens with one attached hydrogen (secondary N) is 1. The molecule has 3 heterocycles. The van der Waals surface area contributed by atoms with E-state index < -0.39 is 0 Å². The van der Waals surface area contributed by atoms with Gasteiger partial charge in [0.05, 0.1) is 29.8 Å². The van der Waals surface area contributed by atoms with Gasteiger partial charge >= 0.3 is 5.97 Å². The van der Waals surface area contributed by atoms with Crippen LogP contribution in [0.2, 0.25) is 0 Å². The van der Waals surface area contributed by atoms with E-state index in [-0.39, 0.29) is 5.97 Å². The molecule has 0 unspecified atom stereocenters. The molecule has 0 saturated carbocycles. The van der Waals surface area contributed by atoms with Crippen molar-refractivity contribution in [2.45, 2.75) is 6.92 Å². The minimum Gasteiger partial charge on any atom is -0.465 e. The number of aromatic nitrogens is 5. The number of ether oxygens (including phenoxy) is 1. The molecule has 0 aliphatic heterocycles. The Morgan fingerprint density at radius 2 is 1.89 bits per heavy atom. The van der Waals surface area contributed by atoms with Gasteiger partial charge in [0.2, 0.25) is 11.7 Å². The summed E-state index contributed by atoms with van der Waals surface area (Å²) in [7, 11) is 1.35. The monoisotopic (exact) mass is 360 g/mol. The number of fused-ring (bicyclic) bond motifs is 1. The molecule has 0 amide bonds. The number of imidazole rings is 1. The molecule has 1 N–H and O–H groups in total. The average Bonchev–Trinajstić information content (AvgIpc) is 3.04. The molecule has 27 heavy (non-hydrogen) atoms. The van der Waals surface area contributed by atoms with Crippen molar-refractivity contribution in [2.75, 3.05) is 12.4 Å². The number of anilines is 2. The first-order valence-electron chi connectivity index (χ1n) is 8.24. The molecule has 4 aromatic rings. The second kappa shape index (κ2) is 6.83. The SMILES string of the molecule is COC(=O)c1ccc(Nc2nccc(-c3c(C)nc4ncccn34)n2)cc1. The average molecular weight is 360 g/mol. The van der Waals surface area contributed by atoms with Gasteiger partial charge < -0.3 is 10.1 Å². The molecular formula is C19H16N6O2. The Hall–Kier alpha value is -3.81. The molecule has 0 radical (unpaired) electrons. The van der Waals surface area contributed by atoms with Crippen LogP contribution in [0.15, 0.2) is 55.0 Å². The molecular weight excluding hydrogens is 344 g/mol. The van der Waals surface area contributed by atoms with Crippen molar-refractivity contribution < 1.29 is 9.53 Å². The molecule has 0 aliphatic carbocycles. The Kier molecular flexibility index (Phi) is 4.21. The van der Waals surface area contributed by atoms with Crippen molar-refractivity contribution in [3.05, 3.63) is 66.2 Å². The van der Waals surface area contributed by atoms with Crippen molar-refractivity contribution in [3.8, 4) is 11.4 Å². The second-order valence-corrected chi connectivity index (χ2v) is 5.79. The van der Waals surface area contributed by atoms with Gasteiger partial charge in [0.1, 0.15) is 0 Å². The summed E-state index contributed by atoms with van der Waals surface area (Å²) in [6.45, 7) is 1.92. The van der Waals surface area contributed by atoms with Crippen molar-refractivity contribution in [1.82, 2.24) is 24.3 Å². The maximum atomic E-state index is 11.5. The van der Waals surface area contributed by atoms with Gasteiger partial charge in [0, 0.05) is 24.3 Å². The Morgan fingerprint density at radius 1 is 1.07 bits per heavy atom. The van der Waals surface area contributed by atoms with Crippen LogP contribution in [0.1, 0.15) is 16.1 Å². The molecule has 0 saturated heterocycles. The van der Waals surface area contributed by atoms with E-state index in [1.54, 1.807) is 36.7 Å². The summed E-state index contributed by atoms with van der Waals surface area (Å²) in [5, 5.41) is 3.14. The van der Waals surface area contributed by atoms with Crippen molar-refractivity contribution in [1.29, 1.82) is 0 Å². The number of carbonyl (C=O) groups is 1. The van der Waals surface area contributed by atoms with Crippen LogP contribution in [0.4, 0.5) is 11.6 Å². The minimum absolute atomic E-state index is 0.378. The minimum atomic E-state index is -0.378. The summed E-state index contributed by atoms with van der Waals surface area (Å²) < 4.78 is 6.60.